The molecule has 0 bridgehead atoms. The Balaban J connectivity index is 1.76. The Morgan fingerprint density at radius 3 is 2.52 bits per heavy atom. The molecule has 31 heavy (non-hydrogen) atoms. The standard InChI is InChI=1S/C24H20ClNO5/c1-15-3-2-4-18(9-15)24(30)31-21-11-17(10-19(25)13-21)14-26-22(23(28)29)12-16-5-7-20(27)8-6-16/h2-11,13-14,22,27H,12H2,1H3,(H,28,29). The van der Waals surface area contributed by atoms with E-state index in [2.05, 4.69) is 4.99 Å². The second kappa shape index (κ2) is 9.91. The number of benzene rings is 3. The van der Waals surface area contributed by atoms with Crippen molar-refractivity contribution in [1.82, 2.24) is 0 Å². The number of carboxylic acid groups (broad SMARTS) is 1. The van der Waals surface area contributed by atoms with E-state index < -0.39 is 18.0 Å². The fourth-order valence-corrected chi connectivity index (χ4v) is 3.12. The number of rotatable bonds is 7. The molecule has 3 aromatic rings. The highest BCUT2D eigenvalue weighted by Gasteiger charge is 2.16. The van der Waals surface area contributed by atoms with Crippen LogP contribution in [-0.4, -0.2) is 34.4 Å². The molecule has 0 aliphatic rings. The molecule has 0 saturated heterocycles. The first kappa shape index (κ1) is 22.1. The van der Waals surface area contributed by atoms with Crippen LogP contribution < -0.4 is 4.74 Å². The topological polar surface area (TPSA) is 96.2 Å². The summed E-state index contributed by atoms with van der Waals surface area (Å²) in [4.78, 5) is 28.1. The molecule has 0 aliphatic carbocycles. The Kier molecular flexibility index (Phi) is 7.05. The quantitative estimate of drug-likeness (QED) is 0.317. The molecule has 1 unspecified atom stereocenters. The van der Waals surface area contributed by atoms with Crippen LogP contribution in [0.3, 0.4) is 0 Å². The number of aliphatic imine (C=N–C) groups is 1. The summed E-state index contributed by atoms with van der Waals surface area (Å²) in [5.74, 6) is -1.28. The van der Waals surface area contributed by atoms with Gasteiger partial charge in [0.25, 0.3) is 0 Å². The molecule has 3 aromatic carbocycles. The van der Waals surface area contributed by atoms with Gasteiger partial charge in [-0.25, -0.2) is 9.59 Å². The average Bonchev–Trinajstić information content (AvgIpc) is 2.72. The average molecular weight is 438 g/mol. The molecule has 0 heterocycles. The Morgan fingerprint density at radius 1 is 1.10 bits per heavy atom. The first-order valence-corrected chi connectivity index (χ1v) is 9.81. The molecule has 158 valence electrons. The van der Waals surface area contributed by atoms with E-state index in [1.54, 1.807) is 42.5 Å². The number of hydrogen-bond acceptors (Lipinski definition) is 5. The van der Waals surface area contributed by atoms with Crippen molar-refractivity contribution in [3.63, 3.8) is 0 Å². The van der Waals surface area contributed by atoms with Gasteiger partial charge in [0.05, 0.1) is 5.56 Å². The first-order valence-electron chi connectivity index (χ1n) is 9.43. The van der Waals surface area contributed by atoms with Crippen molar-refractivity contribution in [2.45, 2.75) is 19.4 Å². The Labute approximate surface area is 184 Å². The minimum absolute atomic E-state index is 0.103. The summed E-state index contributed by atoms with van der Waals surface area (Å²) in [7, 11) is 0. The number of aliphatic carboxylic acids is 1. The van der Waals surface area contributed by atoms with Gasteiger partial charge < -0.3 is 14.9 Å². The van der Waals surface area contributed by atoms with Gasteiger partial charge in [-0.2, -0.15) is 0 Å². The largest absolute Gasteiger partial charge is 0.508 e. The number of halogens is 1. The van der Waals surface area contributed by atoms with Crippen molar-refractivity contribution in [3.05, 3.63) is 94.0 Å². The van der Waals surface area contributed by atoms with Crippen molar-refractivity contribution in [3.8, 4) is 11.5 Å². The summed E-state index contributed by atoms with van der Waals surface area (Å²) in [6, 6.07) is 16.9. The molecular weight excluding hydrogens is 418 g/mol. The lowest BCUT2D eigenvalue weighted by Gasteiger charge is -2.09. The minimum atomic E-state index is -1.09. The monoisotopic (exact) mass is 437 g/mol. The molecule has 2 N–H and O–H groups in total. The van der Waals surface area contributed by atoms with Crippen LogP contribution in [0.2, 0.25) is 5.02 Å². The second-order valence-electron chi connectivity index (χ2n) is 6.98. The number of aryl methyl sites for hydroxylation is 1. The number of aromatic hydroxyl groups is 1. The molecule has 0 saturated carbocycles. The van der Waals surface area contributed by atoms with Gasteiger partial charge >= 0.3 is 11.9 Å². The zero-order valence-electron chi connectivity index (χ0n) is 16.7. The molecule has 0 fully saturated rings. The summed E-state index contributed by atoms with van der Waals surface area (Å²) < 4.78 is 5.41. The summed E-state index contributed by atoms with van der Waals surface area (Å²) in [5.41, 5.74) is 2.56. The molecule has 3 rings (SSSR count). The van der Waals surface area contributed by atoms with E-state index in [1.165, 1.54) is 24.4 Å². The fraction of sp³-hybridized carbons (Fsp3) is 0.125. The predicted octanol–water partition coefficient (Wildman–Crippen LogP) is 4.69. The number of hydrogen-bond donors (Lipinski definition) is 2. The van der Waals surface area contributed by atoms with Crippen LogP contribution in [0.4, 0.5) is 0 Å². The summed E-state index contributed by atoms with van der Waals surface area (Å²) in [6.45, 7) is 1.88. The molecule has 6 nitrogen and oxygen atoms in total. The van der Waals surface area contributed by atoms with E-state index in [0.29, 0.717) is 16.1 Å². The van der Waals surface area contributed by atoms with E-state index >= 15 is 0 Å². The van der Waals surface area contributed by atoms with Gasteiger partial charge in [0.15, 0.2) is 6.04 Å². The van der Waals surface area contributed by atoms with Crippen molar-refractivity contribution < 1.29 is 24.5 Å². The van der Waals surface area contributed by atoms with E-state index in [0.717, 1.165) is 11.1 Å². The number of phenols is 1. The Bertz CT molecular complexity index is 1130. The van der Waals surface area contributed by atoms with Gasteiger partial charge in [0.1, 0.15) is 11.5 Å². The third-order valence-corrected chi connectivity index (χ3v) is 4.63. The van der Waals surface area contributed by atoms with E-state index in [1.807, 2.05) is 13.0 Å². The van der Waals surface area contributed by atoms with Crippen LogP contribution in [0.15, 0.2) is 71.7 Å². The Morgan fingerprint density at radius 2 is 1.84 bits per heavy atom. The predicted molar refractivity (Wildman–Crippen MR) is 118 cm³/mol. The number of nitrogens with zero attached hydrogens (tertiary/aromatic N) is 1. The van der Waals surface area contributed by atoms with Crippen LogP contribution in [0.25, 0.3) is 0 Å². The third kappa shape index (κ3) is 6.42. The lowest BCUT2D eigenvalue weighted by atomic mass is 10.1. The summed E-state index contributed by atoms with van der Waals surface area (Å²) in [5, 5.41) is 19.2. The lowest BCUT2D eigenvalue weighted by Crippen LogP contribution is -2.20. The fourth-order valence-electron chi connectivity index (χ4n) is 2.89. The molecular formula is C24H20ClNO5. The molecule has 0 spiro atoms. The van der Waals surface area contributed by atoms with E-state index in [-0.39, 0.29) is 17.9 Å². The van der Waals surface area contributed by atoms with Crippen LogP contribution in [0.1, 0.15) is 27.0 Å². The second-order valence-corrected chi connectivity index (χ2v) is 7.42. The Hall–Kier alpha value is -3.64. The highest BCUT2D eigenvalue weighted by Crippen LogP contribution is 2.22. The van der Waals surface area contributed by atoms with Crippen LogP contribution in [-0.2, 0) is 11.2 Å². The number of phenolic OH excluding ortho intramolecular Hbond substituents is 1. The zero-order chi connectivity index (χ0) is 22.4. The SMILES string of the molecule is Cc1cccc(C(=O)Oc2cc(Cl)cc(C=NC(Cc3ccc(O)cc3)C(=O)O)c2)c1. The maximum Gasteiger partial charge on any atom is 0.343 e. The van der Waals surface area contributed by atoms with Gasteiger partial charge in [-0.05, 0) is 60.5 Å². The molecule has 0 aliphatic heterocycles. The highest BCUT2D eigenvalue weighted by molar-refractivity contribution is 6.31. The molecule has 1 atom stereocenters. The van der Waals surface area contributed by atoms with Gasteiger partial charge in [0, 0.05) is 17.7 Å². The van der Waals surface area contributed by atoms with Crippen LogP contribution >= 0.6 is 11.6 Å². The van der Waals surface area contributed by atoms with Gasteiger partial charge in [0.2, 0.25) is 0 Å². The van der Waals surface area contributed by atoms with E-state index in [4.69, 9.17) is 16.3 Å². The molecule has 0 amide bonds. The van der Waals surface area contributed by atoms with Crippen molar-refractivity contribution in [2.75, 3.05) is 0 Å². The maximum atomic E-state index is 12.4. The first-order chi connectivity index (χ1) is 14.8. The number of carbonyl (C=O) groups is 2. The summed E-state index contributed by atoms with van der Waals surface area (Å²) >= 11 is 6.13. The van der Waals surface area contributed by atoms with Crippen LogP contribution in [0.5, 0.6) is 11.5 Å². The lowest BCUT2D eigenvalue weighted by molar-refractivity contribution is -0.138. The summed E-state index contributed by atoms with van der Waals surface area (Å²) in [6.07, 6.45) is 1.54. The molecule has 7 heteroatoms. The number of carbonyl (C=O) groups excluding carboxylic acids is 1. The number of carboxylic acids is 1. The minimum Gasteiger partial charge on any atom is -0.508 e. The van der Waals surface area contributed by atoms with Gasteiger partial charge in [-0.3, -0.25) is 4.99 Å². The normalized spacial score (nSPS) is 11.9. The van der Waals surface area contributed by atoms with E-state index in [9.17, 15) is 19.8 Å². The van der Waals surface area contributed by atoms with Gasteiger partial charge in [-0.1, -0.05) is 41.4 Å². The van der Waals surface area contributed by atoms with Crippen molar-refractivity contribution in [2.24, 2.45) is 4.99 Å². The van der Waals surface area contributed by atoms with Crippen LogP contribution in [0, 0.1) is 6.92 Å². The zero-order valence-corrected chi connectivity index (χ0v) is 17.4. The number of ether oxygens (including phenoxy) is 1. The van der Waals surface area contributed by atoms with Gasteiger partial charge in [-0.15, -0.1) is 0 Å². The van der Waals surface area contributed by atoms with Crippen molar-refractivity contribution in [1.29, 1.82) is 0 Å². The molecule has 0 radical (unpaired) electrons. The van der Waals surface area contributed by atoms with Crippen molar-refractivity contribution >= 4 is 29.8 Å². The number of esters is 1. The third-order valence-electron chi connectivity index (χ3n) is 4.41. The maximum absolute atomic E-state index is 12.4. The molecule has 0 aromatic heterocycles. The highest BCUT2D eigenvalue weighted by atomic mass is 35.5. The smallest absolute Gasteiger partial charge is 0.343 e.